The summed E-state index contributed by atoms with van der Waals surface area (Å²) in [7, 11) is 0. The Balaban J connectivity index is 2.27. The Morgan fingerprint density at radius 1 is 1.65 bits per heavy atom. The maximum atomic E-state index is 11.8. The lowest BCUT2D eigenvalue weighted by Gasteiger charge is -2.04. The lowest BCUT2D eigenvalue weighted by atomic mass is 10.2. The van der Waals surface area contributed by atoms with Gasteiger partial charge in [0.1, 0.15) is 5.00 Å². The van der Waals surface area contributed by atoms with E-state index in [1.165, 1.54) is 17.8 Å². The molecule has 94 valence electrons. The Kier molecular flexibility index (Phi) is 3.68. The van der Waals surface area contributed by atoms with Gasteiger partial charge in [-0.15, -0.1) is 23.1 Å². The largest absolute Gasteiger partial charge is 0.396 e. The van der Waals surface area contributed by atoms with Crippen molar-refractivity contribution < 1.29 is 4.79 Å². The highest BCUT2D eigenvalue weighted by Gasteiger charge is 2.34. The smallest absolute Gasteiger partial charge is 0.174 e. The quantitative estimate of drug-likeness (QED) is 0.635. The molecule has 0 amide bonds. The third-order valence-electron chi connectivity index (χ3n) is 3.10. The third kappa shape index (κ3) is 2.45. The maximum absolute atomic E-state index is 11.8. The van der Waals surface area contributed by atoms with E-state index in [0.717, 1.165) is 15.8 Å². The van der Waals surface area contributed by atoms with Crippen LogP contribution < -0.4 is 11.1 Å². The molecule has 0 aromatic carbocycles. The van der Waals surface area contributed by atoms with Crippen LogP contribution in [0.2, 0.25) is 0 Å². The van der Waals surface area contributed by atoms with E-state index in [-0.39, 0.29) is 5.78 Å². The predicted octanol–water partition coefficient (Wildman–Crippen LogP) is 3.47. The second-order valence-electron chi connectivity index (χ2n) is 4.45. The molecular formula is C12H18N2OS2. The number of carbonyl (C=O) groups is 1. The van der Waals surface area contributed by atoms with Gasteiger partial charge in [0.15, 0.2) is 5.78 Å². The van der Waals surface area contributed by atoms with Gasteiger partial charge >= 0.3 is 0 Å². The molecule has 0 aliphatic heterocycles. The van der Waals surface area contributed by atoms with Crippen LogP contribution in [0.4, 0.5) is 10.7 Å². The van der Waals surface area contributed by atoms with E-state index in [9.17, 15) is 4.79 Å². The van der Waals surface area contributed by atoms with Gasteiger partial charge < -0.3 is 11.1 Å². The molecule has 1 saturated carbocycles. The average Bonchev–Trinajstić information content (AvgIpc) is 2.90. The van der Waals surface area contributed by atoms with Crippen molar-refractivity contribution in [3.8, 4) is 0 Å². The van der Waals surface area contributed by atoms with Crippen LogP contribution in [0, 0.1) is 5.92 Å². The van der Waals surface area contributed by atoms with E-state index < -0.39 is 0 Å². The number of ketones is 1. The van der Waals surface area contributed by atoms with E-state index >= 15 is 0 Å². The molecule has 17 heavy (non-hydrogen) atoms. The monoisotopic (exact) mass is 270 g/mol. The molecule has 0 spiro atoms. The highest BCUT2D eigenvalue weighted by Crippen LogP contribution is 2.45. The zero-order valence-electron chi connectivity index (χ0n) is 10.4. The Bertz CT molecular complexity index is 442. The molecule has 2 rings (SSSR count). The number of nitrogens with two attached hydrogens (primary N) is 1. The predicted molar refractivity (Wildman–Crippen MR) is 76.3 cm³/mol. The van der Waals surface area contributed by atoms with Crippen LogP contribution >= 0.6 is 23.1 Å². The second kappa shape index (κ2) is 4.90. The van der Waals surface area contributed by atoms with Gasteiger partial charge in [-0.05, 0) is 18.6 Å². The summed E-state index contributed by atoms with van der Waals surface area (Å²) in [6.45, 7) is 4.10. The van der Waals surface area contributed by atoms with Crippen LogP contribution in [0.5, 0.6) is 0 Å². The van der Waals surface area contributed by atoms with Crippen LogP contribution in [0.25, 0.3) is 0 Å². The van der Waals surface area contributed by atoms with Gasteiger partial charge in [-0.3, -0.25) is 4.79 Å². The van der Waals surface area contributed by atoms with E-state index in [1.807, 2.05) is 13.2 Å². The normalized spacial score (nSPS) is 22.5. The zero-order chi connectivity index (χ0) is 12.6. The van der Waals surface area contributed by atoms with Crippen LogP contribution in [0.3, 0.4) is 0 Å². The summed E-state index contributed by atoms with van der Waals surface area (Å²) in [6, 6.07) is 0.559. The molecule has 1 aromatic heterocycles. The lowest BCUT2D eigenvalue weighted by Crippen LogP contribution is -2.02. The number of thioether (sulfide) groups is 1. The van der Waals surface area contributed by atoms with E-state index in [0.29, 0.717) is 23.0 Å². The molecule has 1 fully saturated rings. The van der Waals surface area contributed by atoms with Gasteiger partial charge in [-0.25, -0.2) is 0 Å². The maximum Gasteiger partial charge on any atom is 0.174 e. The van der Waals surface area contributed by atoms with Crippen molar-refractivity contribution in [1.29, 1.82) is 0 Å². The molecule has 3 nitrogen and oxygen atoms in total. The number of nitrogens with one attached hydrogen (secondary N) is 1. The first-order valence-corrected chi connectivity index (χ1v) is 7.88. The van der Waals surface area contributed by atoms with E-state index in [1.54, 1.807) is 11.8 Å². The highest BCUT2D eigenvalue weighted by molar-refractivity contribution is 7.99. The summed E-state index contributed by atoms with van der Waals surface area (Å²) in [4.78, 5) is 13.5. The van der Waals surface area contributed by atoms with Gasteiger partial charge in [0, 0.05) is 12.5 Å². The van der Waals surface area contributed by atoms with Crippen molar-refractivity contribution >= 4 is 39.6 Å². The molecule has 1 aromatic rings. The second-order valence-corrected chi connectivity index (χ2v) is 6.28. The third-order valence-corrected chi connectivity index (χ3v) is 5.24. The van der Waals surface area contributed by atoms with Crippen molar-refractivity contribution in [2.24, 2.45) is 5.92 Å². The van der Waals surface area contributed by atoms with Crippen LogP contribution in [0.15, 0.2) is 4.90 Å². The Morgan fingerprint density at radius 2 is 2.29 bits per heavy atom. The first-order chi connectivity index (χ1) is 8.08. The Labute approximate surface area is 110 Å². The van der Waals surface area contributed by atoms with Crippen molar-refractivity contribution in [2.75, 3.05) is 17.3 Å². The molecule has 1 aliphatic carbocycles. The summed E-state index contributed by atoms with van der Waals surface area (Å²) >= 11 is 3.12. The fourth-order valence-corrected chi connectivity index (χ4v) is 3.88. The highest BCUT2D eigenvalue weighted by atomic mass is 32.2. The number of Topliss-reactive ketones (excluding diaryl/α,β-unsaturated/α-hetero) is 1. The number of rotatable bonds is 5. The minimum Gasteiger partial charge on any atom is -0.396 e. The molecular weight excluding hydrogens is 252 g/mol. The molecule has 2 unspecified atom stereocenters. The average molecular weight is 270 g/mol. The number of thiophene rings is 1. The van der Waals surface area contributed by atoms with Crippen LogP contribution in [0.1, 0.15) is 36.4 Å². The fraction of sp³-hybridized carbons (Fsp3) is 0.583. The van der Waals surface area contributed by atoms with Gasteiger partial charge in [-0.2, -0.15) is 0 Å². The number of anilines is 2. The minimum absolute atomic E-state index is 0.139. The Hall–Kier alpha value is -0.680. The number of hydrogen-bond donors (Lipinski definition) is 2. The van der Waals surface area contributed by atoms with E-state index in [2.05, 4.69) is 12.2 Å². The standard InChI is InChI=1S/C12H18N2OS2/c1-4-8(15)10-9(13)11(16-3)12(17-10)14-7-5-6(7)2/h6-7,14H,4-5,13H2,1-3H3. The first kappa shape index (κ1) is 12.8. The van der Waals surface area contributed by atoms with Gasteiger partial charge in [0.05, 0.1) is 15.5 Å². The first-order valence-electron chi connectivity index (χ1n) is 5.84. The van der Waals surface area contributed by atoms with Crippen molar-refractivity contribution in [3.63, 3.8) is 0 Å². The van der Waals surface area contributed by atoms with Crippen molar-refractivity contribution in [1.82, 2.24) is 0 Å². The molecule has 5 heteroatoms. The minimum atomic E-state index is 0.139. The molecule has 3 N–H and O–H groups in total. The topological polar surface area (TPSA) is 55.1 Å². The zero-order valence-corrected chi connectivity index (χ0v) is 12.0. The summed E-state index contributed by atoms with van der Waals surface area (Å²) in [5.74, 6) is 0.873. The molecule has 1 aliphatic rings. The van der Waals surface area contributed by atoms with Crippen LogP contribution in [-0.4, -0.2) is 18.1 Å². The SMILES string of the molecule is CCC(=O)c1sc(NC2CC2C)c(SC)c1N. The van der Waals surface area contributed by atoms with Crippen molar-refractivity contribution in [2.45, 2.75) is 37.6 Å². The molecule has 0 bridgehead atoms. The van der Waals surface area contributed by atoms with E-state index in [4.69, 9.17) is 5.73 Å². The molecule has 0 radical (unpaired) electrons. The molecule has 2 atom stereocenters. The summed E-state index contributed by atoms with van der Waals surface area (Å²) < 4.78 is 0. The summed E-state index contributed by atoms with van der Waals surface area (Å²) in [6.07, 6.45) is 3.72. The van der Waals surface area contributed by atoms with Crippen LogP contribution in [-0.2, 0) is 0 Å². The van der Waals surface area contributed by atoms with Crippen molar-refractivity contribution in [3.05, 3.63) is 4.88 Å². The lowest BCUT2D eigenvalue weighted by molar-refractivity contribution is 0.0992. The molecule has 0 saturated heterocycles. The fourth-order valence-electron chi connectivity index (χ4n) is 1.79. The number of carbonyl (C=O) groups excluding carboxylic acids is 1. The van der Waals surface area contributed by atoms with Gasteiger partial charge in [0.25, 0.3) is 0 Å². The molecule has 1 heterocycles. The Morgan fingerprint density at radius 3 is 2.76 bits per heavy atom. The summed E-state index contributed by atoms with van der Waals surface area (Å²) in [5.41, 5.74) is 6.71. The number of nitrogen functional groups attached to an aromatic ring is 1. The van der Waals surface area contributed by atoms with Gasteiger partial charge in [-0.1, -0.05) is 13.8 Å². The number of hydrogen-bond acceptors (Lipinski definition) is 5. The van der Waals surface area contributed by atoms with Gasteiger partial charge in [0.2, 0.25) is 0 Å². The summed E-state index contributed by atoms with van der Waals surface area (Å²) in [5, 5.41) is 4.56.